The van der Waals surface area contributed by atoms with Crippen LogP contribution in [0.4, 0.5) is 0 Å². The van der Waals surface area contributed by atoms with Gasteiger partial charge in [0.25, 0.3) is 5.91 Å². The average molecular weight is 310 g/mol. The van der Waals surface area contributed by atoms with E-state index in [9.17, 15) is 4.79 Å². The van der Waals surface area contributed by atoms with Crippen molar-refractivity contribution in [3.63, 3.8) is 0 Å². The predicted molar refractivity (Wildman–Crippen MR) is 77.7 cm³/mol. The van der Waals surface area contributed by atoms with Gasteiger partial charge in [-0.2, -0.15) is 0 Å². The molecular formula is C15H20BrNO. The maximum Gasteiger partial charge on any atom is 0.255 e. The van der Waals surface area contributed by atoms with Crippen LogP contribution in [0.3, 0.4) is 0 Å². The molecule has 1 aliphatic heterocycles. The fraction of sp³-hybridized carbons (Fsp3) is 0.533. The molecule has 0 aliphatic carbocycles. The molecule has 2 unspecified atom stereocenters. The zero-order valence-corrected chi connectivity index (χ0v) is 12.8. The number of hydrogen-bond donors (Lipinski definition) is 0. The normalized spacial score (nSPS) is 24.1. The van der Waals surface area contributed by atoms with Crippen LogP contribution in [0.5, 0.6) is 0 Å². The van der Waals surface area contributed by atoms with Crippen LogP contribution >= 0.6 is 15.9 Å². The number of aryl methyl sites for hydroxylation is 1. The number of carbonyl (C=O) groups is 1. The van der Waals surface area contributed by atoms with Gasteiger partial charge in [0.05, 0.1) is 5.56 Å². The molecule has 3 heteroatoms. The van der Waals surface area contributed by atoms with Crippen molar-refractivity contribution in [3.8, 4) is 0 Å². The maximum absolute atomic E-state index is 12.5. The summed E-state index contributed by atoms with van der Waals surface area (Å²) in [6, 6.07) is 5.92. The summed E-state index contributed by atoms with van der Waals surface area (Å²) in [6.07, 6.45) is 1.22. The molecule has 1 aromatic carbocycles. The van der Waals surface area contributed by atoms with Crippen LogP contribution in [0.2, 0.25) is 0 Å². The Bertz CT molecular complexity index is 448. The first kappa shape index (κ1) is 13.6. The van der Waals surface area contributed by atoms with E-state index in [1.54, 1.807) is 0 Å². The highest BCUT2D eigenvalue weighted by Gasteiger charge is 2.26. The van der Waals surface area contributed by atoms with Gasteiger partial charge < -0.3 is 4.90 Å². The van der Waals surface area contributed by atoms with Crippen molar-refractivity contribution in [1.29, 1.82) is 0 Å². The second-order valence-electron chi connectivity index (χ2n) is 5.64. The Labute approximate surface area is 117 Å². The van der Waals surface area contributed by atoms with E-state index >= 15 is 0 Å². The molecule has 1 aliphatic rings. The minimum absolute atomic E-state index is 0.153. The van der Waals surface area contributed by atoms with Gasteiger partial charge in [-0.15, -0.1) is 0 Å². The largest absolute Gasteiger partial charge is 0.338 e. The molecule has 18 heavy (non-hydrogen) atoms. The molecule has 0 spiro atoms. The first-order chi connectivity index (χ1) is 8.47. The molecule has 0 N–H and O–H groups in total. The molecule has 1 fully saturated rings. The summed E-state index contributed by atoms with van der Waals surface area (Å²) in [5, 5.41) is 0. The Kier molecular flexibility index (Phi) is 4.10. The third-order valence-corrected chi connectivity index (χ3v) is 4.17. The van der Waals surface area contributed by atoms with Crippen molar-refractivity contribution in [1.82, 2.24) is 4.90 Å². The summed E-state index contributed by atoms with van der Waals surface area (Å²) in [5.74, 6) is 1.35. The minimum atomic E-state index is 0.153. The lowest BCUT2D eigenvalue weighted by Crippen LogP contribution is -2.42. The molecule has 98 valence electrons. The number of carbonyl (C=O) groups excluding carboxylic acids is 1. The molecule has 0 aromatic heterocycles. The summed E-state index contributed by atoms with van der Waals surface area (Å²) in [7, 11) is 0. The average Bonchev–Trinajstić information content (AvgIpc) is 2.26. The van der Waals surface area contributed by atoms with E-state index in [0.717, 1.165) is 23.1 Å². The van der Waals surface area contributed by atoms with Crippen LogP contribution in [0.25, 0.3) is 0 Å². The van der Waals surface area contributed by atoms with E-state index in [0.29, 0.717) is 11.8 Å². The van der Waals surface area contributed by atoms with Crippen molar-refractivity contribution in [2.45, 2.75) is 27.2 Å². The standard InChI is InChI=1S/C15H20BrNO/c1-10-4-5-13(14(16)7-10)15(18)17-8-11(2)6-12(3)9-17/h4-5,7,11-12H,6,8-9H2,1-3H3. The summed E-state index contributed by atoms with van der Waals surface area (Å²) in [4.78, 5) is 14.5. The molecule has 2 nitrogen and oxygen atoms in total. The van der Waals surface area contributed by atoms with Crippen LogP contribution in [0.1, 0.15) is 36.2 Å². The number of halogens is 1. The first-order valence-electron chi connectivity index (χ1n) is 6.52. The van der Waals surface area contributed by atoms with E-state index < -0.39 is 0 Å². The number of likely N-dealkylation sites (tertiary alicyclic amines) is 1. The van der Waals surface area contributed by atoms with Crippen molar-refractivity contribution in [2.24, 2.45) is 11.8 Å². The second-order valence-corrected chi connectivity index (χ2v) is 6.49. The van der Waals surface area contributed by atoms with Crippen LogP contribution in [-0.4, -0.2) is 23.9 Å². The smallest absolute Gasteiger partial charge is 0.255 e. The van der Waals surface area contributed by atoms with E-state index in [2.05, 4.69) is 29.8 Å². The Morgan fingerprint density at radius 2 is 1.89 bits per heavy atom. The van der Waals surface area contributed by atoms with E-state index in [4.69, 9.17) is 0 Å². The van der Waals surface area contributed by atoms with E-state index in [-0.39, 0.29) is 5.91 Å². The lowest BCUT2D eigenvalue weighted by molar-refractivity contribution is 0.0622. The highest BCUT2D eigenvalue weighted by Crippen LogP contribution is 2.25. The highest BCUT2D eigenvalue weighted by atomic mass is 79.9. The third-order valence-electron chi connectivity index (χ3n) is 3.51. The van der Waals surface area contributed by atoms with Gasteiger partial charge in [0.2, 0.25) is 0 Å². The van der Waals surface area contributed by atoms with Gasteiger partial charge in [-0.05, 0) is 58.8 Å². The maximum atomic E-state index is 12.5. The first-order valence-corrected chi connectivity index (χ1v) is 7.32. The Morgan fingerprint density at radius 3 is 2.44 bits per heavy atom. The number of amides is 1. The SMILES string of the molecule is Cc1ccc(C(=O)N2CC(C)CC(C)C2)c(Br)c1. The van der Waals surface area contributed by atoms with Crippen LogP contribution < -0.4 is 0 Å². The number of hydrogen-bond acceptors (Lipinski definition) is 1. The van der Waals surface area contributed by atoms with Crippen molar-refractivity contribution < 1.29 is 4.79 Å². The van der Waals surface area contributed by atoms with E-state index in [1.807, 2.05) is 30.0 Å². The molecule has 0 radical (unpaired) electrons. The van der Waals surface area contributed by atoms with Crippen molar-refractivity contribution in [3.05, 3.63) is 33.8 Å². The molecule has 1 heterocycles. The summed E-state index contributed by atoms with van der Waals surface area (Å²) in [6.45, 7) is 8.23. The summed E-state index contributed by atoms with van der Waals surface area (Å²) < 4.78 is 0.901. The Morgan fingerprint density at radius 1 is 1.28 bits per heavy atom. The van der Waals surface area contributed by atoms with Gasteiger partial charge in [0.1, 0.15) is 0 Å². The zero-order chi connectivity index (χ0) is 13.3. The summed E-state index contributed by atoms with van der Waals surface area (Å²) >= 11 is 3.50. The Hall–Kier alpha value is -0.830. The monoisotopic (exact) mass is 309 g/mol. The van der Waals surface area contributed by atoms with Crippen LogP contribution in [-0.2, 0) is 0 Å². The van der Waals surface area contributed by atoms with Gasteiger partial charge in [0, 0.05) is 17.6 Å². The molecule has 0 bridgehead atoms. The van der Waals surface area contributed by atoms with Gasteiger partial charge in [-0.1, -0.05) is 19.9 Å². The molecule has 1 amide bonds. The Balaban J connectivity index is 2.20. The second kappa shape index (κ2) is 5.43. The molecule has 1 aromatic rings. The fourth-order valence-electron chi connectivity index (χ4n) is 2.79. The molecular weight excluding hydrogens is 290 g/mol. The molecule has 2 atom stereocenters. The van der Waals surface area contributed by atoms with Gasteiger partial charge in [-0.3, -0.25) is 4.79 Å². The number of benzene rings is 1. The quantitative estimate of drug-likeness (QED) is 0.771. The van der Waals surface area contributed by atoms with Gasteiger partial charge in [0.15, 0.2) is 0 Å². The summed E-state index contributed by atoms with van der Waals surface area (Å²) in [5.41, 5.74) is 1.95. The van der Waals surface area contributed by atoms with Crippen LogP contribution in [0.15, 0.2) is 22.7 Å². The lowest BCUT2D eigenvalue weighted by Gasteiger charge is -2.35. The van der Waals surface area contributed by atoms with Crippen molar-refractivity contribution >= 4 is 21.8 Å². The molecule has 2 rings (SSSR count). The number of nitrogens with zero attached hydrogens (tertiary/aromatic N) is 1. The highest BCUT2D eigenvalue weighted by molar-refractivity contribution is 9.10. The van der Waals surface area contributed by atoms with Gasteiger partial charge in [-0.25, -0.2) is 0 Å². The third kappa shape index (κ3) is 2.94. The minimum Gasteiger partial charge on any atom is -0.338 e. The zero-order valence-electron chi connectivity index (χ0n) is 11.2. The lowest BCUT2D eigenvalue weighted by atomic mass is 9.91. The predicted octanol–water partition coefficient (Wildman–Crippen LogP) is 3.88. The van der Waals surface area contributed by atoms with Gasteiger partial charge >= 0.3 is 0 Å². The fourth-order valence-corrected chi connectivity index (χ4v) is 3.46. The number of piperidine rings is 1. The molecule has 0 saturated carbocycles. The van der Waals surface area contributed by atoms with Crippen LogP contribution in [0, 0.1) is 18.8 Å². The topological polar surface area (TPSA) is 20.3 Å². The van der Waals surface area contributed by atoms with E-state index in [1.165, 1.54) is 12.0 Å². The molecule has 1 saturated heterocycles. The number of rotatable bonds is 1. The van der Waals surface area contributed by atoms with Crippen molar-refractivity contribution in [2.75, 3.05) is 13.1 Å².